The average molecular weight is 370 g/mol. The third-order valence-electron chi connectivity index (χ3n) is 3.67. The Kier molecular flexibility index (Phi) is 5.70. The van der Waals surface area contributed by atoms with Crippen molar-refractivity contribution in [3.05, 3.63) is 82.0 Å². The largest absolute Gasteiger partial charge is 0.416 e. The molecule has 1 aromatic heterocycles. The number of rotatable bonds is 3. The van der Waals surface area contributed by atoms with Crippen molar-refractivity contribution in [3.63, 3.8) is 0 Å². The van der Waals surface area contributed by atoms with Crippen LogP contribution in [0.15, 0.2) is 66.0 Å². The molecule has 0 aliphatic rings. The van der Waals surface area contributed by atoms with Crippen molar-refractivity contribution in [2.24, 2.45) is 5.73 Å². The molecule has 0 fully saturated rings. The number of thiophene rings is 1. The molecule has 0 saturated carbocycles. The number of benzene rings is 2. The van der Waals surface area contributed by atoms with Gasteiger partial charge in [-0.1, -0.05) is 42.5 Å². The summed E-state index contributed by atoms with van der Waals surface area (Å²) in [4.78, 5) is 1.08. The van der Waals surface area contributed by atoms with Crippen LogP contribution in [0.1, 0.15) is 22.0 Å². The van der Waals surface area contributed by atoms with Gasteiger partial charge in [0, 0.05) is 4.88 Å². The fourth-order valence-corrected chi connectivity index (χ4v) is 3.12. The standard InChI is InChI=1S/C18H14F3NS.ClH/c19-18(20,21)15-9-7-13(8-10-15)12-3-5-14(6-4-12)17(22)16-2-1-11-23-16;/h1-11,17H,22H2;1H/t17-;/m1./s1. The lowest BCUT2D eigenvalue weighted by Crippen LogP contribution is -2.09. The summed E-state index contributed by atoms with van der Waals surface area (Å²) >= 11 is 1.60. The van der Waals surface area contributed by atoms with Crippen molar-refractivity contribution in [3.8, 4) is 11.1 Å². The molecule has 0 radical (unpaired) electrons. The van der Waals surface area contributed by atoms with Crippen LogP contribution in [0.4, 0.5) is 13.2 Å². The van der Waals surface area contributed by atoms with E-state index >= 15 is 0 Å². The Labute approximate surface area is 148 Å². The molecule has 2 aromatic carbocycles. The molecule has 2 N–H and O–H groups in total. The van der Waals surface area contributed by atoms with E-state index in [9.17, 15) is 13.2 Å². The van der Waals surface area contributed by atoms with Crippen LogP contribution in [0.3, 0.4) is 0 Å². The van der Waals surface area contributed by atoms with Gasteiger partial charge in [0.05, 0.1) is 11.6 Å². The Bertz CT molecular complexity index is 766. The molecule has 126 valence electrons. The molecule has 1 atom stereocenters. The van der Waals surface area contributed by atoms with Crippen molar-refractivity contribution in [1.82, 2.24) is 0 Å². The van der Waals surface area contributed by atoms with Crippen molar-refractivity contribution >= 4 is 23.7 Å². The van der Waals surface area contributed by atoms with Crippen molar-refractivity contribution in [2.75, 3.05) is 0 Å². The van der Waals surface area contributed by atoms with Gasteiger partial charge in [-0.2, -0.15) is 13.2 Å². The quantitative estimate of drug-likeness (QED) is 0.610. The summed E-state index contributed by atoms with van der Waals surface area (Å²) in [5.74, 6) is 0. The Hall–Kier alpha value is -1.82. The predicted octanol–water partition coefficient (Wildman–Crippen LogP) is 5.90. The molecule has 0 spiro atoms. The lowest BCUT2D eigenvalue weighted by atomic mass is 9.99. The Balaban J connectivity index is 0.00000208. The fourth-order valence-electron chi connectivity index (χ4n) is 2.37. The zero-order valence-electron chi connectivity index (χ0n) is 12.5. The highest BCUT2D eigenvalue weighted by atomic mass is 35.5. The highest BCUT2D eigenvalue weighted by Crippen LogP contribution is 2.31. The van der Waals surface area contributed by atoms with Crippen LogP contribution >= 0.6 is 23.7 Å². The number of halogens is 4. The molecule has 6 heteroatoms. The summed E-state index contributed by atoms with van der Waals surface area (Å²) in [7, 11) is 0. The second-order valence-electron chi connectivity index (χ2n) is 5.19. The minimum absolute atomic E-state index is 0. The molecular weight excluding hydrogens is 355 g/mol. The van der Waals surface area contributed by atoms with Gasteiger partial charge in [-0.15, -0.1) is 23.7 Å². The van der Waals surface area contributed by atoms with E-state index < -0.39 is 11.7 Å². The molecule has 24 heavy (non-hydrogen) atoms. The molecule has 0 amide bonds. The van der Waals surface area contributed by atoms with Crippen LogP contribution in [0.5, 0.6) is 0 Å². The van der Waals surface area contributed by atoms with Crippen LogP contribution in [0, 0.1) is 0 Å². The Morgan fingerprint density at radius 1 is 0.833 bits per heavy atom. The average Bonchev–Trinajstić information content (AvgIpc) is 3.08. The predicted molar refractivity (Wildman–Crippen MR) is 94.5 cm³/mol. The van der Waals surface area contributed by atoms with Crippen molar-refractivity contribution < 1.29 is 13.2 Å². The molecule has 0 aliphatic carbocycles. The van der Waals surface area contributed by atoms with E-state index in [-0.39, 0.29) is 18.4 Å². The molecule has 0 unspecified atom stereocenters. The second kappa shape index (κ2) is 7.38. The monoisotopic (exact) mass is 369 g/mol. The lowest BCUT2D eigenvalue weighted by molar-refractivity contribution is -0.137. The summed E-state index contributed by atoms with van der Waals surface area (Å²) in [6.07, 6.45) is -4.31. The summed E-state index contributed by atoms with van der Waals surface area (Å²) < 4.78 is 37.8. The van der Waals surface area contributed by atoms with Crippen LogP contribution in [0.2, 0.25) is 0 Å². The van der Waals surface area contributed by atoms with Gasteiger partial charge in [-0.25, -0.2) is 0 Å². The third kappa shape index (κ3) is 3.98. The maximum Gasteiger partial charge on any atom is 0.416 e. The van der Waals surface area contributed by atoms with Crippen molar-refractivity contribution in [2.45, 2.75) is 12.2 Å². The van der Waals surface area contributed by atoms with Gasteiger partial charge in [0.15, 0.2) is 0 Å². The number of hydrogen-bond acceptors (Lipinski definition) is 2. The van der Waals surface area contributed by atoms with Crippen LogP contribution in [-0.4, -0.2) is 0 Å². The maximum atomic E-state index is 12.6. The molecule has 1 nitrogen and oxygen atoms in total. The smallest absolute Gasteiger partial charge is 0.320 e. The number of alkyl halides is 3. The molecule has 0 bridgehead atoms. The number of nitrogens with two attached hydrogens (primary N) is 1. The van der Waals surface area contributed by atoms with Gasteiger partial charge in [0.25, 0.3) is 0 Å². The molecule has 1 heterocycles. The first kappa shape index (κ1) is 18.5. The van der Waals surface area contributed by atoms with Gasteiger partial charge in [-0.3, -0.25) is 0 Å². The normalized spacial score (nSPS) is 12.5. The van der Waals surface area contributed by atoms with E-state index in [1.165, 1.54) is 12.1 Å². The molecule has 0 aliphatic heterocycles. The summed E-state index contributed by atoms with van der Waals surface area (Å²) in [5, 5.41) is 1.98. The first-order valence-corrected chi connectivity index (χ1v) is 7.90. The molecule has 3 rings (SSSR count). The maximum absolute atomic E-state index is 12.6. The first-order chi connectivity index (χ1) is 10.9. The van der Waals surface area contributed by atoms with Crippen LogP contribution in [0.25, 0.3) is 11.1 Å². The first-order valence-electron chi connectivity index (χ1n) is 7.02. The summed E-state index contributed by atoms with van der Waals surface area (Å²) in [6.45, 7) is 0. The molecule has 0 saturated heterocycles. The zero-order chi connectivity index (χ0) is 16.4. The SMILES string of the molecule is Cl.N[C@H](c1ccc(-c2ccc(C(F)(F)F)cc2)cc1)c1cccs1. The van der Waals surface area contributed by atoms with E-state index in [0.29, 0.717) is 0 Å². The Morgan fingerprint density at radius 2 is 1.38 bits per heavy atom. The lowest BCUT2D eigenvalue weighted by Gasteiger charge is -2.11. The zero-order valence-corrected chi connectivity index (χ0v) is 14.1. The molecule has 3 aromatic rings. The van der Waals surface area contributed by atoms with E-state index in [1.807, 2.05) is 41.8 Å². The van der Waals surface area contributed by atoms with Crippen LogP contribution < -0.4 is 5.73 Å². The second-order valence-corrected chi connectivity index (χ2v) is 6.17. The fraction of sp³-hybridized carbons (Fsp3) is 0.111. The minimum Gasteiger partial charge on any atom is -0.320 e. The van der Waals surface area contributed by atoms with E-state index in [0.717, 1.165) is 33.7 Å². The van der Waals surface area contributed by atoms with Gasteiger partial charge in [-0.05, 0) is 40.3 Å². The minimum atomic E-state index is -4.31. The highest BCUT2D eigenvalue weighted by Gasteiger charge is 2.29. The van der Waals surface area contributed by atoms with Crippen molar-refractivity contribution in [1.29, 1.82) is 0 Å². The summed E-state index contributed by atoms with van der Waals surface area (Å²) in [5.41, 5.74) is 8.14. The van der Waals surface area contributed by atoms with Gasteiger partial charge in [0.2, 0.25) is 0 Å². The summed E-state index contributed by atoms with van der Waals surface area (Å²) in [6, 6.07) is 16.5. The molecular formula is C18H15ClF3NS. The third-order valence-corrected chi connectivity index (χ3v) is 4.62. The van der Waals surface area contributed by atoms with E-state index in [4.69, 9.17) is 5.73 Å². The van der Waals surface area contributed by atoms with E-state index in [2.05, 4.69) is 0 Å². The highest BCUT2D eigenvalue weighted by molar-refractivity contribution is 7.10. The van der Waals surface area contributed by atoms with Gasteiger partial charge < -0.3 is 5.73 Å². The van der Waals surface area contributed by atoms with Crippen LogP contribution in [-0.2, 0) is 6.18 Å². The van der Waals surface area contributed by atoms with Gasteiger partial charge >= 0.3 is 6.18 Å². The van der Waals surface area contributed by atoms with E-state index in [1.54, 1.807) is 11.3 Å². The Morgan fingerprint density at radius 3 is 1.83 bits per heavy atom. The number of hydrogen-bond donors (Lipinski definition) is 1. The topological polar surface area (TPSA) is 26.0 Å². The van der Waals surface area contributed by atoms with Gasteiger partial charge in [0.1, 0.15) is 0 Å².